The molecular formula is C16H20N2O2. The molecule has 2 rings (SSSR count). The molecule has 0 fully saturated rings. The van der Waals surface area contributed by atoms with Crippen molar-refractivity contribution >= 4 is 5.91 Å². The molecule has 0 aliphatic carbocycles. The number of amides is 1. The second kappa shape index (κ2) is 6.91. The smallest absolute Gasteiger partial charge is 0.254 e. The van der Waals surface area contributed by atoms with Crippen LogP contribution in [0.3, 0.4) is 0 Å². The maximum absolute atomic E-state index is 11.9. The lowest BCUT2D eigenvalue weighted by Gasteiger charge is -2.24. The van der Waals surface area contributed by atoms with Crippen LogP contribution in [0, 0.1) is 0 Å². The third kappa shape index (κ3) is 3.96. The number of rotatable bonds is 6. The standard InChI is InChI=1S/C16H20N2O2/c1-18(2)15(10-13-6-4-3-5-7-13)11-17-16(19)14-8-9-20-12-14/h3-9,12,15H,10-11H2,1-2H3,(H,17,19)/t15-/m0/s1. The van der Waals surface area contributed by atoms with Gasteiger partial charge in [0.1, 0.15) is 6.26 Å². The van der Waals surface area contributed by atoms with Crippen molar-refractivity contribution in [2.75, 3.05) is 20.6 Å². The zero-order chi connectivity index (χ0) is 14.4. The minimum atomic E-state index is -0.0985. The largest absolute Gasteiger partial charge is 0.472 e. The number of nitrogens with one attached hydrogen (secondary N) is 1. The normalized spacial score (nSPS) is 12.3. The van der Waals surface area contributed by atoms with Gasteiger partial charge >= 0.3 is 0 Å². The van der Waals surface area contributed by atoms with E-state index in [9.17, 15) is 4.79 Å². The van der Waals surface area contributed by atoms with Crippen molar-refractivity contribution in [3.63, 3.8) is 0 Å². The summed E-state index contributed by atoms with van der Waals surface area (Å²) in [6.07, 6.45) is 3.86. The van der Waals surface area contributed by atoms with Gasteiger partial charge in [0.2, 0.25) is 0 Å². The van der Waals surface area contributed by atoms with Crippen LogP contribution in [0.25, 0.3) is 0 Å². The van der Waals surface area contributed by atoms with Crippen LogP contribution in [-0.2, 0) is 6.42 Å². The third-order valence-electron chi connectivity index (χ3n) is 3.33. The van der Waals surface area contributed by atoms with E-state index in [1.54, 1.807) is 6.07 Å². The van der Waals surface area contributed by atoms with Gasteiger partial charge in [-0.15, -0.1) is 0 Å². The molecule has 1 heterocycles. The molecule has 0 bridgehead atoms. The van der Waals surface area contributed by atoms with Crippen molar-refractivity contribution in [1.29, 1.82) is 0 Å². The minimum absolute atomic E-state index is 0.0985. The van der Waals surface area contributed by atoms with Crippen LogP contribution in [0.2, 0.25) is 0 Å². The van der Waals surface area contributed by atoms with Gasteiger partial charge in [-0.2, -0.15) is 0 Å². The van der Waals surface area contributed by atoms with E-state index < -0.39 is 0 Å². The van der Waals surface area contributed by atoms with Crippen LogP contribution >= 0.6 is 0 Å². The highest BCUT2D eigenvalue weighted by atomic mass is 16.3. The fraction of sp³-hybridized carbons (Fsp3) is 0.312. The number of hydrogen-bond donors (Lipinski definition) is 1. The third-order valence-corrected chi connectivity index (χ3v) is 3.33. The molecule has 0 aliphatic heterocycles. The zero-order valence-electron chi connectivity index (χ0n) is 11.9. The van der Waals surface area contributed by atoms with Gasteiger partial charge in [-0.25, -0.2) is 0 Å². The second-order valence-electron chi connectivity index (χ2n) is 5.03. The van der Waals surface area contributed by atoms with Crippen molar-refractivity contribution < 1.29 is 9.21 Å². The summed E-state index contributed by atoms with van der Waals surface area (Å²) in [6.45, 7) is 0.603. The number of carbonyl (C=O) groups is 1. The summed E-state index contributed by atoms with van der Waals surface area (Å²) >= 11 is 0. The van der Waals surface area contributed by atoms with Crippen LogP contribution in [0.5, 0.6) is 0 Å². The highest BCUT2D eigenvalue weighted by molar-refractivity contribution is 5.93. The van der Waals surface area contributed by atoms with E-state index in [1.165, 1.54) is 18.1 Å². The molecule has 0 aliphatic rings. The average Bonchev–Trinajstić information content (AvgIpc) is 2.98. The number of nitrogens with zero attached hydrogens (tertiary/aromatic N) is 1. The Balaban J connectivity index is 1.91. The summed E-state index contributed by atoms with van der Waals surface area (Å²) in [7, 11) is 4.05. The van der Waals surface area contributed by atoms with Gasteiger partial charge < -0.3 is 14.6 Å². The highest BCUT2D eigenvalue weighted by Gasteiger charge is 2.14. The predicted octanol–water partition coefficient (Wildman–Crippen LogP) is 2.18. The molecule has 1 atom stereocenters. The van der Waals surface area contributed by atoms with Gasteiger partial charge in [0.25, 0.3) is 5.91 Å². The molecule has 0 unspecified atom stereocenters. The van der Waals surface area contributed by atoms with E-state index in [-0.39, 0.29) is 11.9 Å². The number of benzene rings is 1. The molecule has 0 saturated heterocycles. The quantitative estimate of drug-likeness (QED) is 0.876. The van der Waals surface area contributed by atoms with E-state index in [0.29, 0.717) is 12.1 Å². The number of hydrogen-bond acceptors (Lipinski definition) is 3. The Bertz CT molecular complexity index is 521. The van der Waals surface area contributed by atoms with Crippen LogP contribution in [0.15, 0.2) is 53.3 Å². The lowest BCUT2D eigenvalue weighted by molar-refractivity contribution is 0.0941. The van der Waals surface area contributed by atoms with Crippen LogP contribution in [0.4, 0.5) is 0 Å². The van der Waals surface area contributed by atoms with Crippen molar-refractivity contribution in [3.8, 4) is 0 Å². The number of carbonyl (C=O) groups excluding carboxylic acids is 1. The SMILES string of the molecule is CN(C)[C@H](CNC(=O)c1ccoc1)Cc1ccccc1. The summed E-state index contributed by atoms with van der Waals surface area (Å²) in [4.78, 5) is 14.0. The van der Waals surface area contributed by atoms with Gasteiger partial charge in [0.05, 0.1) is 11.8 Å². The topological polar surface area (TPSA) is 45.5 Å². The molecule has 1 aromatic carbocycles. The molecular weight excluding hydrogens is 252 g/mol. The Morgan fingerprint density at radius 2 is 2.00 bits per heavy atom. The molecule has 4 nitrogen and oxygen atoms in total. The molecule has 0 saturated carbocycles. The zero-order valence-corrected chi connectivity index (χ0v) is 11.9. The molecule has 0 radical (unpaired) electrons. The Hall–Kier alpha value is -2.07. The number of furan rings is 1. The lowest BCUT2D eigenvalue weighted by Crippen LogP contribution is -2.41. The first kappa shape index (κ1) is 14.3. The summed E-state index contributed by atoms with van der Waals surface area (Å²) in [6, 6.07) is 12.2. The molecule has 106 valence electrons. The van der Waals surface area contributed by atoms with Crippen molar-refractivity contribution in [2.24, 2.45) is 0 Å². The first-order valence-corrected chi connectivity index (χ1v) is 6.67. The van der Waals surface area contributed by atoms with Crippen molar-refractivity contribution in [1.82, 2.24) is 10.2 Å². The Labute approximate surface area is 119 Å². The first-order valence-electron chi connectivity index (χ1n) is 6.67. The Morgan fingerprint density at radius 1 is 1.25 bits per heavy atom. The van der Waals surface area contributed by atoms with Gasteiger partial charge in [0.15, 0.2) is 0 Å². The van der Waals surface area contributed by atoms with E-state index in [4.69, 9.17) is 4.42 Å². The minimum Gasteiger partial charge on any atom is -0.472 e. The maximum atomic E-state index is 11.9. The van der Waals surface area contributed by atoms with E-state index in [1.807, 2.05) is 32.3 Å². The second-order valence-corrected chi connectivity index (χ2v) is 5.03. The van der Waals surface area contributed by atoms with Gasteiger partial charge in [0, 0.05) is 12.6 Å². The molecule has 1 amide bonds. The summed E-state index contributed by atoms with van der Waals surface area (Å²) in [5.41, 5.74) is 1.82. The fourth-order valence-electron chi connectivity index (χ4n) is 2.03. The Kier molecular flexibility index (Phi) is 4.96. The van der Waals surface area contributed by atoms with Crippen LogP contribution in [0.1, 0.15) is 15.9 Å². The van der Waals surface area contributed by atoms with Crippen LogP contribution < -0.4 is 5.32 Å². The van der Waals surface area contributed by atoms with Crippen molar-refractivity contribution in [2.45, 2.75) is 12.5 Å². The summed E-state index contributed by atoms with van der Waals surface area (Å²) in [5, 5.41) is 2.95. The number of likely N-dealkylation sites (N-methyl/N-ethyl adjacent to an activating group) is 1. The monoisotopic (exact) mass is 272 g/mol. The maximum Gasteiger partial charge on any atom is 0.254 e. The fourth-order valence-corrected chi connectivity index (χ4v) is 2.03. The van der Waals surface area contributed by atoms with Gasteiger partial charge in [-0.05, 0) is 32.1 Å². The highest BCUT2D eigenvalue weighted by Crippen LogP contribution is 2.07. The molecule has 1 aromatic heterocycles. The molecule has 1 N–H and O–H groups in total. The van der Waals surface area contributed by atoms with E-state index in [2.05, 4.69) is 22.3 Å². The molecule has 20 heavy (non-hydrogen) atoms. The molecule has 0 spiro atoms. The predicted molar refractivity (Wildman–Crippen MR) is 78.7 cm³/mol. The van der Waals surface area contributed by atoms with Crippen molar-refractivity contribution in [3.05, 3.63) is 60.1 Å². The van der Waals surface area contributed by atoms with Gasteiger partial charge in [-0.1, -0.05) is 30.3 Å². The first-order chi connectivity index (χ1) is 9.66. The van der Waals surface area contributed by atoms with E-state index in [0.717, 1.165) is 6.42 Å². The summed E-state index contributed by atoms with van der Waals surface area (Å²) in [5.74, 6) is -0.0985. The van der Waals surface area contributed by atoms with Crippen LogP contribution in [-0.4, -0.2) is 37.5 Å². The summed E-state index contributed by atoms with van der Waals surface area (Å²) < 4.78 is 4.91. The lowest BCUT2D eigenvalue weighted by atomic mass is 10.1. The molecule has 2 aromatic rings. The average molecular weight is 272 g/mol. The van der Waals surface area contributed by atoms with Gasteiger partial charge in [-0.3, -0.25) is 4.79 Å². The Morgan fingerprint density at radius 3 is 2.60 bits per heavy atom. The van der Waals surface area contributed by atoms with E-state index >= 15 is 0 Å². The molecule has 4 heteroatoms.